The SMILES string of the molecule is Cc1ccccc1-n1c(C)cn2c3c(=O)[nH]c(=O)n(C)c3nc12. The molecule has 0 spiro atoms. The molecule has 0 saturated heterocycles. The molecule has 0 bridgehead atoms. The second kappa shape index (κ2) is 4.45. The number of imidazole rings is 2. The van der Waals surface area contributed by atoms with Gasteiger partial charge in [0.15, 0.2) is 11.2 Å². The Morgan fingerprint density at radius 2 is 1.87 bits per heavy atom. The van der Waals surface area contributed by atoms with Crippen molar-refractivity contribution >= 4 is 16.9 Å². The third-order valence-corrected chi connectivity index (χ3v) is 4.16. The average Bonchev–Trinajstić information content (AvgIpc) is 3.01. The molecule has 1 aromatic carbocycles. The first-order valence-electron chi connectivity index (χ1n) is 7.24. The van der Waals surface area contributed by atoms with Crippen molar-refractivity contribution < 1.29 is 0 Å². The normalized spacial score (nSPS) is 11.6. The Labute approximate surface area is 130 Å². The molecule has 0 amide bonds. The molecule has 3 aromatic heterocycles. The zero-order valence-electron chi connectivity index (χ0n) is 13.0. The van der Waals surface area contributed by atoms with Gasteiger partial charge in [-0.25, -0.2) is 4.79 Å². The van der Waals surface area contributed by atoms with Gasteiger partial charge < -0.3 is 0 Å². The van der Waals surface area contributed by atoms with Gasteiger partial charge in [-0.3, -0.25) is 23.3 Å². The Bertz CT molecular complexity index is 1190. The van der Waals surface area contributed by atoms with E-state index in [1.54, 1.807) is 11.4 Å². The second-order valence-corrected chi connectivity index (χ2v) is 5.66. The van der Waals surface area contributed by atoms with Gasteiger partial charge in [-0.2, -0.15) is 4.98 Å². The summed E-state index contributed by atoms with van der Waals surface area (Å²) in [6.45, 7) is 3.99. The second-order valence-electron chi connectivity index (χ2n) is 5.66. The summed E-state index contributed by atoms with van der Waals surface area (Å²) in [5, 5.41) is 0. The Morgan fingerprint density at radius 1 is 1.13 bits per heavy atom. The van der Waals surface area contributed by atoms with E-state index < -0.39 is 11.2 Å². The molecule has 0 saturated carbocycles. The van der Waals surface area contributed by atoms with Crippen LogP contribution in [0.5, 0.6) is 0 Å². The topological polar surface area (TPSA) is 77.1 Å². The minimum absolute atomic E-state index is 0.371. The summed E-state index contributed by atoms with van der Waals surface area (Å²) in [5.41, 5.74) is 2.89. The van der Waals surface area contributed by atoms with Gasteiger partial charge in [0.25, 0.3) is 5.56 Å². The summed E-state index contributed by atoms with van der Waals surface area (Å²) in [6.07, 6.45) is 1.86. The highest BCUT2D eigenvalue weighted by Crippen LogP contribution is 2.22. The molecule has 3 heterocycles. The molecular weight excluding hydrogens is 294 g/mol. The predicted octanol–water partition coefficient (Wildman–Crippen LogP) is 1.28. The highest BCUT2D eigenvalue weighted by Gasteiger charge is 2.18. The third-order valence-electron chi connectivity index (χ3n) is 4.16. The van der Waals surface area contributed by atoms with Gasteiger partial charge >= 0.3 is 5.69 Å². The van der Waals surface area contributed by atoms with Crippen molar-refractivity contribution in [2.45, 2.75) is 13.8 Å². The van der Waals surface area contributed by atoms with Gasteiger partial charge in [0, 0.05) is 18.9 Å². The lowest BCUT2D eigenvalue weighted by Gasteiger charge is -2.08. The fourth-order valence-electron chi connectivity index (χ4n) is 2.98. The number of nitrogens with one attached hydrogen (secondary N) is 1. The predicted molar refractivity (Wildman–Crippen MR) is 87.4 cm³/mol. The molecule has 1 N–H and O–H groups in total. The number of hydrogen-bond donors (Lipinski definition) is 1. The molecule has 0 atom stereocenters. The molecule has 0 unspecified atom stereocenters. The first-order chi connectivity index (χ1) is 11.0. The summed E-state index contributed by atoms with van der Waals surface area (Å²) < 4.78 is 5.07. The Kier molecular flexibility index (Phi) is 2.63. The number of rotatable bonds is 1. The van der Waals surface area contributed by atoms with Crippen LogP contribution in [0, 0.1) is 13.8 Å². The lowest BCUT2D eigenvalue weighted by molar-refractivity contribution is 0.831. The maximum Gasteiger partial charge on any atom is 0.329 e. The van der Waals surface area contributed by atoms with Gasteiger partial charge in [-0.1, -0.05) is 18.2 Å². The summed E-state index contributed by atoms with van der Waals surface area (Å²) in [7, 11) is 1.60. The molecule has 4 aromatic rings. The number of fused-ring (bicyclic) bond motifs is 3. The Morgan fingerprint density at radius 3 is 2.61 bits per heavy atom. The van der Waals surface area contributed by atoms with Crippen LogP contribution in [0.2, 0.25) is 0 Å². The van der Waals surface area contributed by atoms with Crippen LogP contribution < -0.4 is 11.2 Å². The first-order valence-corrected chi connectivity index (χ1v) is 7.24. The van der Waals surface area contributed by atoms with Crippen LogP contribution in [0.1, 0.15) is 11.3 Å². The van der Waals surface area contributed by atoms with Crippen molar-refractivity contribution in [3.63, 3.8) is 0 Å². The van der Waals surface area contributed by atoms with Gasteiger partial charge in [0.05, 0.1) is 5.69 Å². The molecule has 7 heteroatoms. The molecule has 4 rings (SSSR count). The fraction of sp³-hybridized carbons (Fsp3) is 0.188. The number of H-pyrrole nitrogens is 1. The zero-order chi connectivity index (χ0) is 16.3. The van der Waals surface area contributed by atoms with Gasteiger partial charge in [0.1, 0.15) is 0 Å². The third kappa shape index (κ3) is 1.73. The average molecular weight is 309 g/mol. The summed E-state index contributed by atoms with van der Waals surface area (Å²) in [6, 6.07) is 7.97. The van der Waals surface area contributed by atoms with E-state index in [4.69, 9.17) is 0 Å². The van der Waals surface area contributed by atoms with Crippen LogP contribution in [0.3, 0.4) is 0 Å². The highest BCUT2D eigenvalue weighted by atomic mass is 16.2. The number of nitrogens with zero attached hydrogens (tertiary/aromatic N) is 4. The van der Waals surface area contributed by atoms with E-state index in [9.17, 15) is 9.59 Å². The van der Waals surface area contributed by atoms with Crippen LogP contribution in [0.25, 0.3) is 22.6 Å². The zero-order valence-corrected chi connectivity index (χ0v) is 13.0. The van der Waals surface area contributed by atoms with Crippen molar-refractivity contribution in [3.05, 3.63) is 62.6 Å². The molecule has 0 aliphatic carbocycles. The van der Waals surface area contributed by atoms with Gasteiger partial charge in [-0.05, 0) is 25.5 Å². The monoisotopic (exact) mass is 309 g/mol. The molecular formula is C16H15N5O2. The van der Waals surface area contributed by atoms with Crippen LogP contribution in [-0.4, -0.2) is 23.5 Å². The smallest absolute Gasteiger partial charge is 0.283 e. The number of aryl methyl sites for hydroxylation is 3. The van der Waals surface area contributed by atoms with E-state index >= 15 is 0 Å². The van der Waals surface area contributed by atoms with Gasteiger partial charge in [0.2, 0.25) is 5.78 Å². The number of hydrogen-bond acceptors (Lipinski definition) is 3. The van der Waals surface area contributed by atoms with Crippen LogP contribution in [0.15, 0.2) is 40.1 Å². The van der Waals surface area contributed by atoms with Crippen molar-refractivity contribution in [3.8, 4) is 5.69 Å². The molecule has 0 aliphatic rings. The quantitative estimate of drug-likeness (QED) is 0.575. The van der Waals surface area contributed by atoms with Crippen molar-refractivity contribution in [1.82, 2.24) is 23.5 Å². The molecule has 116 valence electrons. The molecule has 23 heavy (non-hydrogen) atoms. The molecule has 0 aliphatic heterocycles. The van der Waals surface area contributed by atoms with Crippen LogP contribution >= 0.6 is 0 Å². The van der Waals surface area contributed by atoms with Gasteiger partial charge in [-0.15, -0.1) is 0 Å². The minimum Gasteiger partial charge on any atom is -0.283 e. The maximum atomic E-state index is 12.2. The fourth-order valence-corrected chi connectivity index (χ4v) is 2.98. The van der Waals surface area contributed by atoms with E-state index in [1.165, 1.54) is 4.57 Å². The standard InChI is InChI=1S/C16H15N5O2/c1-9-6-4-5-7-11(9)21-10(2)8-20-12-13(17-15(20)21)19(3)16(23)18-14(12)22/h4-8H,1-3H3,(H,18,22,23). The first kappa shape index (κ1) is 13.6. The Balaban J connectivity index is 2.22. The number of aromatic nitrogens is 5. The van der Waals surface area contributed by atoms with Crippen LogP contribution in [-0.2, 0) is 7.05 Å². The lowest BCUT2D eigenvalue weighted by Crippen LogP contribution is -2.28. The highest BCUT2D eigenvalue weighted by molar-refractivity contribution is 5.76. The Hall–Kier alpha value is -3.09. The summed E-state index contributed by atoms with van der Waals surface area (Å²) in [4.78, 5) is 30.9. The number of para-hydroxylation sites is 1. The molecule has 0 radical (unpaired) electrons. The number of benzene rings is 1. The largest absolute Gasteiger partial charge is 0.329 e. The maximum absolute atomic E-state index is 12.2. The minimum atomic E-state index is -0.470. The van der Waals surface area contributed by atoms with E-state index in [0.29, 0.717) is 16.9 Å². The van der Waals surface area contributed by atoms with E-state index in [2.05, 4.69) is 9.97 Å². The molecule has 7 nitrogen and oxygen atoms in total. The van der Waals surface area contributed by atoms with E-state index in [0.717, 1.165) is 16.9 Å². The summed E-state index contributed by atoms with van der Waals surface area (Å²) in [5.74, 6) is 0.610. The molecule has 0 fully saturated rings. The van der Waals surface area contributed by atoms with E-state index in [-0.39, 0.29) is 0 Å². The van der Waals surface area contributed by atoms with Crippen molar-refractivity contribution in [2.24, 2.45) is 7.05 Å². The lowest BCUT2D eigenvalue weighted by atomic mass is 10.2. The van der Waals surface area contributed by atoms with E-state index in [1.807, 2.05) is 48.9 Å². The van der Waals surface area contributed by atoms with Crippen LogP contribution in [0.4, 0.5) is 0 Å². The van der Waals surface area contributed by atoms with Crippen molar-refractivity contribution in [1.29, 1.82) is 0 Å². The van der Waals surface area contributed by atoms with Crippen molar-refractivity contribution in [2.75, 3.05) is 0 Å². The number of aromatic amines is 1. The summed E-state index contributed by atoms with van der Waals surface area (Å²) >= 11 is 0.